The topological polar surface area (TPSA) is 77.4 Å². The van der Waals surface area contributed by atoms with Gasteiger partial charge in [0.25, 0.3) is 0 Å². The first-order chi connectivity index (χ1) is 9.67. The third-order valence-corrected chi connectivity index (χ3v) is 3.16. The molecule has 0 saturated carbocycles. The molecular weight excluding hydrogens is 262 g/mol. The number of carbonyl (C=O) groups excluding carboxylic acids is 1. The first kappa shape index (κ1) is 16.7. The second-order valence-electron chi connectivity index (χ2n) is 4.70. The Morgan fingerprint density at radius 3 is 3.00 bits per heavy atom. The summed E-state index contributed by atoms with van der Waals surface area (Å²) in [5.74, 6) is -0.0420. The van der Waals surface area contributed by atoms with Gasteiger partial charge in [0, 0.05) is 12.3 Å². The second kappa shape index (κ2) is 9.50. The molecule has 0 aromatic rings. The molecule has 0 aromatic carbocycles. The summed E-state index contributed by atoms with van der Waals surface area (Å²) in [6.45, 7) is 2.39. The Morgan fingerprint density at radius 2 is 2.30 bits per heavy atom. The van der Waals surface area contributed by atoms with Crippen LogP contribution in [0.2, 0.25) is 0 Å². The Labute approximate surface area is 119 Å². The molecule has 1 aliphatic heterocycles. The van der Waals surface area contributed by atoms with Crippen molar-refractivity contribution in [3.8, 4) is 0 Å². The van der Waals surface area contributed by atoms with Gasteiger partial charge in [-0.2, -0.15) is 0 Å². The van der Waals surface area contributed by atoms with Crippen LogP contribution in [0, 0.1) is 5.92 Å². The van der Waals surface area contributed by atoms with Crippen LogP contribution in [0.15, 0.2) is 17.3 Å². The predicted molar refractivity (Wildman–Crippen MR) is 73.7 cm³/mol. The highest BCUT2D eigenvalue weighted by atomic mass is 16.7. The number of nitrogens with zero attached hydrogens (tertiary/aromatic N) is 1. The molecule has 0 amide bonds. The van der Waals surface area contributed by atoms with E-state index in [0.29, 0.717) is 13.0 Å². The Hall–Kier alpha value is -1.40. The largest absolute Gasteiger partial charge is 0.469 e. The van der Waals surface area contributed by atoms with E-state index in [-0.39, 0.29) is 24.3 Å². The van der Waals surface area contributed by atoms with Crippen LogP contribution in [0.1, 0.15) is 32.6 Å². The van der Waals surface area contributed by atoms with Crippen molar-refractivity contribution in [1.29, 1.82) is 0 Å². The van der Waals surface area contributed by atoms with Crippen molar-refractivity contribution < 1.29 is 24.2 Å². The number of hydrogen-bond acceptors (Lipinski definition) is 6. The van der Waals surface area contributed by atoms with E-state index in [2.05, 4.69) is 9.89 Å². The summed E-state index contributed by atoms with van der Waals surface area (Å²) in [6.07, 6.45) is 7.79. The highest BCUT2D eigenvalue weighted by molar-refractivity contribution is 5.69. The zero-order valence-electron chi connectivity index (χ0n) is 12.0. The van der Waals surface area contributed by atoms with Crippen LogP contribution in [0.4, 0.5) is 0 Å². The summed E-state index contributed by atoms with van der Waals surface area (Å²) >= 11 is 0. The number of allylic oxidation sites excluding steroid dienone is 2. The highest BCUT2D eigenvalue weighted by Gasteiger charge is 2.28. The van der Waals surface area contributed by atoms with E-state index in [1.807, 2.05) is 19.1 Å². The minimum Gasteiger partial charge on any atom is -0.469 e. The summed E-state index contributed by atoms with van der Waals surface area (Å²) in [6, 6.07) is 0. The van der Waals surface area contributed by atoms with Crippen molar-refractivity contribution in [2.45, 2.75) is 45.0 Å². The van der Waals surface area contributed by atoms with Crippen LogP contribution in [-0.4, -0.2) is 43.5 Å². The van der Waals surface area contributed by atoms with Gasteiger partial charge in [-0.05, 0) is 26.2 Å². The smallest absolute Gasteiger partial charge is 0.305 e. The molecule has 0 aromatic heterocycles. The maximum Gasteiger partial charge on any atom is 0.305 e. The molecule has 0 bridgehead atoms. The van der Waals surface area contributed by atoms with Gasteiger partial charge >= 0.3 is 5.97 Å². The van der Waals surface area contributed by atoms with Gasteiger partial charge in [-0.1, -0.05) is 17.3 Å². The Balaban J connectivity index is 2.26. The third kappa shape index (κ3) is 6.16. The van der Waals surface area contributed by atoms with Crippen molar-refractivity contribution in [3.63, 3.8) is 0 Å². The molecular formula is C14H23NO5. The normalized spacial score (nSPS) is 27.2. The van der Waals surface area contributed by atoms with E-state index in [1.54, 1.807) is 0 Å². The molecule has 1 aliphatic rings. The van der Waals surface area contributed by atoms with Crippen molar-refractivity contribution in [1.82, 2.24) is 0 Å². The standard InChI is InChI=1S/C14H23NO5/c1-11-19-10-12(13(20-11)9-15-17)7-5-3-4-6-8-14(16)18-2/h3,5,9,11-13,17H,4,6-8,10H2,1-2H3/b5-3-,15-9-/t11-,12+,13+/m1/s1. The summed E-state index contributed by atoms with van der Waals surface area (Å²) in [7, 11) is 1.39. The van der Waals surface area contributed by atoms with Gasteiger partial charge in [-0.25, -0.2) is 0 Å². The van der Waals surface area contributed by atoms with Crippen LogP contribution in [0.25, 0.3) is 0 Å². The SMILES string of the molecule is COC(=O)CCC/C=C\C[C@H]1CO[C@@H](C)O[C@H]1/C=N\O. The van der Waals surface area contributed by atoms with Gasteiger partial charge < -0.3 is 19.4 Å². The number of unbranched alkanes of at least 4 members (excludes halogenated alkanes) is 1. The molecule has 1 rings (SSSR count). The Bertz CT molecular complexity index is 342. The predicted octanol–water partition coefficient (Wildman–Crippen LogP) is 2.11. The van der Waals surface area contributed by atoms with Gasteiger partial charge in [0.2, 0.25) is 0 Å². The van der Waals surface area contributed by atoms with Crippen LogP contribution < -0.4 is 0 Å². The summed E-state index contributed by atoms with van der Waals surface area (Å²) in [5, 5.41) is 11.7. The van der Waals surface area contributed by atoms with Crippen LogP contribution >= 0.6 is 0 Å². The second-order valence-corrected chi connectivity index (χ2v) is 4.70. The lowest BCUT2D eigenvalue weighted by Crippen LogP contribution is -2.39. The van der Waals surface area contributed by atoms with Crippen LogP contribution in [0.3, 0.4) is 0 Å². The summed E-state index contributed by atoms with van der Waals surface area (Å²) in [5.41, 5.74) is 0. The average molecular weight is 285 g/mol. The molecule has 0 spiro atoms. The van der Waals surface area contributed by atoms with Gasteiger partial charge in [-0.15, -0.1) is 0 Å². The van der Waals surface area contributed by atoms with Gasteiger partial charge in [0.1, 0.15) is 6.10 Å². The highest BCUT2D eigenvalue weighted by Crippen LogP contribution is 2.21. The Kier molecular flexibility index (Phi) is 7.91. The van der Waals surface area contributed by atoms with Crippen molar-refractivity contribution >= 4 is 12.2 Å². The zero-order chi connectivity index (χ0) is 14.8. The lowest BCUT2D eigenvalue weighted by molar-refractivity contribution is -0.206. The molecule has 3 atom stereocenters. The minimum absolute atomic E-state index is 0.138. The lowest BCUT2D eigenvalue weighted by Gasteiger charge is -2.32. The molecule has 1 fully saturated rings. The number of hydrogen-bond donors (Lipinski definition) is 1. The van der Waals surface area contributed by atoms with Crippen LogP contribution in [-0.2, 0) is 19.0 Å². The average Bonchev–Trinajstić information content (AvgIpc) is 2.44. The van der Waals surface area contributed by atoms with E-state index in [0.717, 1.165) is 19.3 Å². The van der Waals surface area contributed by atoms with Gasteiger partial charge in [0.05, 0.1) is 19.9 Å². The fourth-order valence-corrected chi connectivity index (χ4v) is 2.01. The van der Waals surface area contributed by atoms with E-state index < -0.39 is 0 Å². The molecule has 20 heavy (non-hydrogen) atoms. The molecule has 1 N–H and O–H groups in total. The molecule has 1 saturated heterocycles. The number of rotatable bonds is 7. The van der Waals surface area contributed by atoms with E-state index in [1.165, 1.54) is 13.3 Å². The quantitative estimate of drug-likeness (QED) is 0.194. The molecule has 114 valence electrons. The fraction of sp³-hybridized carbons (Fsp3) is 0.714. The van der Waals surface area contributed by atoms with E-state index in [4.69, 9.17) is 14.7 Å². The molecule has 6 nitrogen and oxygen atoms in total. The lowest BCUT2D eigenvalue weighted by atomic mass is 9.98. The minimum atomic E-state index is -0.279. The number of oxime groups is 1. The van der Waals surface area contributed by atoms with E-state index in [9.17, 15) is 4.79 Å². The summed E-state index contributed by atoms with van der Waals surface area (Å²) in [4.78, 5) is 10.9. The van der Waals surface area contributed by atoms with Gasteiger partial charge in [-0.3, -0.25) is 4.79 Å². The monoisotopic (exact) mass is 285 g/mol. The van der Waals surface area contributed by atoms with Crippen LogP contribution in [0.5, 0.6) is 0 Å². The van der Waals surface area contributed by atoms with Gasteiger partial charge in [0.15, 0.2) is 6.29 Å². The maximum absolute atomic E-state index is 10.9. The maximum atomic E-state index is 10.9. The molecule has 0 radical (unpaired) electrons. The fourth-order valence-electron chi connectivity index (χ4n) is 2.01. The third-order valence-electron chi connectivity index (χ3n) is 3.16. The summed E-state index contributed by atoms with van der Waals surface area (Å²) < 4.78 is 15.5. The number of carbonyl (C=O) groups is 1. The molecule has 0 aliphatic carbocycles. The molecule has 1 heterocycles. The van der Waals surface area contributed by atoms with Crippen molar-refractivity contribution in [3.05, 3.63) is 12.2 Å². The molecule has 6 heteroatoms. The number of ether oxygens (including phenoxy) is 3. The first-order valence-electron chi connectivity index (χ1n) is 6.83. The van der Waals surface area contributed by atoms with Crippen molar-refractivity contribution in [2.75, 3.05) is 13.7 Å². The van der Waals surface area contributed by atoms with Crippen molar-refractivity contribution in [2.24, 2.45) is 11.1 Å². The first-order valence-corrected chi connectivity index (χ1v) is 6.83. The number of methoxy groups -OCH3 is 1. The van der Waals surface area contributed by atoms with E-state index >= 15 is 0 Å². The Morgan fingerprint density at radius 1 is 1.50 bits per heavy atom. The molecule has 0 unspecified atom stereocenters. The zero-order valence-corrected chi connectivity index (χ0v) is 12.0. The number of esters is 1.